The molecule has 0 aromatic heterocycles. The molecule has 15 heteroatoms. The third-order valence-electron chi connectivity index (χ3n) is 12.8. The molecule has 416 valence electrons. The lowest BCUT2D eigenvalue weighted by molar-refractivity contribution is -0.151. The maximum Gasteiger partial charge on any atom is 0.414 e. The first-order chi connectivity index (χ1) is 36.1. The highest BCUT2D eigenvalue weighted by Gasteiger charge is 2.24. The van der Waals surface area contributed by atoms with Gasteiger partial charge in [0.1, 0.15) is 19.3 Å². The number of hydrogen-bond acceptors (Lipinski definition) is 12. The van der Waals surface area contributed by atoms with E-state index in [1.165, 1.54) is 32.1 Å². The molecule has 0 heterocycles. The van der Waals surface area contributed by atoms with Crippen molar-refractivity contribution in [2.75, 3.05) is 26.4 Å². The zero-order valence-electron chi connectivity index (χ0n) is 45.8. The van der Waals surface area contributed by atoms with Gasteiger partial charge in [0.25, 0.3) is 0 Å². The molecule has 0 radical (unpaired) electrons. The SMILES string of the molecule is CCCCCCCCC(CCCCCC)C(=O)OCCCCCC(=O)N[C@@H](CCN=C(NC(=O)OCc1ccccc1)NC(=O)OCc1ccccc1)C(=O)OCCCCOC(=O)C(CCCC)CCCCCC. The van der Waals surface area contributed by atoms with Gasteiger partial charge in [-0.25, -0.2) is 14.4 Å². The van der Waals surface area contributed by atoms with E-state index in [-0.39, 0.29) is 88.1 Å². The maximum absolute atomic E-state index is 13.6. The van der Waals surface area contributed by atoms with E-state index in [1.54, 1.807) is 24.3 Å². The van der Waals surface area contributed by atoms with Crippen molar-refractivity contribution in [1.82, 2.24) is 16.0 Å². The minimum absolute atomic E-state index is 0.0362. The van der Waals surface area contributed by atoms with Crippen molar-refractivity contribution < 1.29 is 52.5 Å². The van der Waals surface area contributed by atoms with Crippen molar-refractivity contribution in [3.8, 4) is 0 Å². The Kier molecular flexibility index (Phi) is 38.3. The number of rotatable bonds is 42. The van der Waals surface area contributed by atoms with Gasteiger partial charge in [0.2, 0.25) is 11.9 Å². The molecule has 2 aromatic rings. The molecule has 3 atom stereocenters. The number of nitrogens with zero attached hydrogens (tertiary/aromatic N) is 1. The van der Waals surface area contributed by atoms with E-state index in [9.17, 15) is 28.8 Å². The summed E-state index contributed by atoms with van der Waals surface area (Å²) in [5.74, 6) is -1.81. The monoisotopic (exact) mass is 1030 g/mol. The lowest BCUT2D eigenvalue weighted by Gasteiger charge is -2.18. The first-order valence-electron chi connectivity index (χ1n) is 28.4. The molecule has 0 bridgehead atoms. The number of esters is 3. The van der Waals surface area contributed by atoms with Gasteiger partial charge >= 0.3 is 30.1 Å². The van der Waals surface area contributed by atoms with Gasteiger partial charge in [-0.05, 0) is 75.3 Å². The quantitative estimate of drug-likeness (QED) is 0.0188. The van der Waals surface area contributed by atoms with Gasteiger partial charge < -0.3 is 29.0 Å². The number of guanidine groups is 1. The van der Waals surface area contributed by atoms with Crippen LogP contribution in [-0.4, -0.2) is 74.4 Å². The van der Waals surface area contributed by atoms with E-state index in [0.29, 0.717) is 32.1 Å². The molecule has 0 saturated carbocycles. The second kappa shape index (κ2) is 43.9. The number of aliphatic imine (C=N–C) groups is 1. The molecule has 3 amide bonds. The van der Waals surface area contributed by atoms with Crippen molar-refractivity contribution in [3.05, 3.63) is 71.8 Å². The Morgan fingerprint density at radius 3 is 1.30 bits per heavy atom. The molecule has 0 fully saturated rings. The molecule has 2 aromatic carbocycles. The Morgan fingerprint density at radius 2 is 0.824 bits per heavy atom. The first kappa shape index (κ1) is 64.6. The molecule has 2 rings (SSSR count). The van der Waals surface area contributed by atoms with Gasteiger partial charge in [0, 0.05) is 13.0 Å². The molecular formula is C59H94N4O11. The molecule has 0 aliphatic carbocycles. The Hall–Kier alpha value is -5.47. The van der Waals surface area contributed by atoms with E-state index in [0.717, 1.165) is 107 Å². The molecule has 2 unspecified atom stereocenters. The van der Waals surface area contributed by atoms with Gasteiger partial charge in [0.15, 0.2) is 0 Å². The van der Waals surface area contributed by atoms with E-state index in [2.05, 4.69) is 48.6 Å². The summed E-state index contributed by atoms with van der Waals surface area (Å²) in [7, 11) is 0. The number of carbonyl (C=O) groups excluding carboxylic acids is 6. The summed E-state index contributed by atoms with van der Waals surface area (Å²) in [5.41, 5.74) is 1.50. The summed E-state index contributed by atoms with van der Waals surface area (Å²) in [5, 5.41) is 7.69. The van der Waals surface area contributed by atoms with Crippen LogP contribution in [0.1, 0.15) is 212 Å². The predicted octanol–water partition coefficient (Wildman–Crippen LogP) is 13.2. The number of carbonyl (C=O) groups is 6. The lowest BCUT2D eigenvalue weighted by Crippen LogP contribution is -2.45. The van der Waals surface area contributed by atoms with E-state index >= 15 is 0 Å². The molecule has 15 nitrogen and oxygen atoms in total. The van der Waals surface area contributed by atoms with Gasteiger partial charge in [-0.3, -0.25) is 30.0 Å². The van der Waals surface area contributed by atoms with Crippen LogP contribution >= 0.6 is 0 Å². The number of alkyl carbamates (subject to hydrolysis) is 2. The number of nitrogens with one attached hydrogen (secondary N) is 3. The van der Waals surface area contributed by atoms with Crippen LogP contribution in [-0.2, 0) is 56.1 Å². The smallest absolute Gasteiger partial charge is 0.414 e. The van der Waals surface area contributed by atoms with Crippen LogP contribution in [0.5, 0.6) is 0 Å². The molecule has 74 heavy (non-hydrogen) atoms. The summed E-state index contributed by atoms with van der Waals surface area (Å²) < 4.78 is 27.7. The van der Waals surface area contributed by atoms with Crippen LogP contribution in [0.15, 0.2) is 65.7 Å². The number of amides is 3. The van der Waals surface area contributed by atoms with Crippen LogP contribution in [0, 0.1) is 11.8 Å². The maximum atomic E-state index is 13.6. The average Bonchev–Trinajstić information content (AvgIpc) is 3.40. The third-order valence-corrected chi connectivity index (χ3v) is 12.8. The van der Waals surface area contributed by atoms with Crippen LogP contribution in [0.25, 0.3) is 0 Å². The van der Waals surface area contributed by atoms with Crippen molar-refractivity contribution in [2.24, 2.45) is 16.8 Å². The number of hydrogen-bond donors (Lipinski definition) is 3. The summed E-state index contributed by atoms with van der Waals surface area (Å²) in [6.45, 7) is 8.99. The van der Waals surface area contributed by atoms with E-state index in [1.807, 2.05) is 36.4 Å². The Morgan fingerprint density at radius 1 is 0.432 bits per heavy atom. The van der Waals surface area contributed by atoms with Crippen molar-refractivity contribution in [1.29, 1.82) is 0 Å². The second-order valence-electron chi connectivity index (χ2n) is 19.3. The molecule has 0 aliphatic heterocycles. The van der Waals surface area contributed by atoms with E-state index < -0.39 is 24.2 Å². The largest absolute Gasteiger partial charge is 0.465 e. The van der Waals surface area contributed by atoms with Gasteiger partial charge in [-0.1, -0.05) is 191 Å². The minimum atomic E-state index is -1.12. The molecule has 0 spiro atoms. The molecule has 3 N–H and O–H groups in total. The van der Waals surface area contributed by atoms with Gasteiger partial charge in [-0.2, -0.15) is 0 Å². The standard InChI is InChI=1S/C59H94N4O11/c1-5-9-13-16-17-27-39-51(38-26-15-11-7-3)55(66)70-43-29-20-28-40-53(64)61-52(56(67)72-45-31-30-44-71-54(65)50(36-12-8-4)37-25-14-10-6-2)41-42-60-57(62-58(68)73-46-48-32-21-18-22-33-48)63-59(69)74-47-49-34-23-19-24-35-49/h18-19,21-24,32-35,50-52H,5-17,20,25-31,36-47H2,1-4H3,(H,61,64)(H2,60,62,63,68,69)/t50?,51?,52-/m0/s1. The normalized spacial score (nSPS) is 12.1. The zero-order valence-corrected chi connectivity index (χ0v) is 45.8. The fourth-order valence-corrected chi connectivity index (χ4v) is 8.28. The minimum Gasteiger partial charge on any atom is -0.465 e. The zero-order chi connectivity index (χ0) is 53.7. The number of ether oxygens (including phenoxy) is 5. The highest BCUT2D eigenvalue weighted by molar-refractivity contribution is 6.01. The number of benzene rings is 2. The fraction of sp³-hybridized carbons (Fsp3) is 0.678. The highest BCUT2D eigenvalue weighted by atomic mass is 16.6. The summed E-state index contributed by atoms with van der Waals surface area (Å²) in [6.07, 6.45) is 22.2. The van der Waals surface area contributed by atoms with E-state index in [4.69, 9.17) is 23.7 Å². The topological polar surface area (TPSA) is 197 Å². The summed E-state index contributed by atoms with van der Waals surface area (Å²) >= 11 is 0. The fourth-order valence-electron chi connectivity index (χ4n) is 8.28. The number of unbranched alkanes of at least 4 members (excludes halogenated alkanes) is 15. The Labute approximate surface area is 444 Å². The third kappa shape index (κ3) is 33.4. The average molecular weight is 1040 g/mol. The van der Waals surface area contributed by atoms with Crippen LogP contribution in [0.3, 0.4) is 0 Å². The van der Waals surface area contributed by atoms with Crippen LogP contribution in [0.4, 0.5) is 9.59 Å². The molecular weight excluding hydrogens is 941 g/mol. The molecule has 0 saturated heterocycles. The summed E-state index contributed by atoms with van der Waals surface area (Å²) in [4.78, 5) is 83.1. The van der Waals surface area contributed by atoms with Gasteiger partial charge in [0.05, 0.1) is 31.7 Å². The Balaban J connectivity index is 2.05. The van der Waals surface area contributed by atoms with Crippen molar-refractivity contribution in [2.45, 2.75) is 220 Å². The molecule has 0 aliphatic rings. The predicted molar refractivity (Wildman–Crippen MR) is 291 cm³/mol. The van der Waals surface area contributed by atoms with Crippen LogP contribution in [0.2, 0.25) is 0 Å². The summed E-state index contributed by atoms with van der Waals surface area (Å²) in [6, 6.07) is 17.0. The second-order valence-corrected chi connectivity index (χ2v) is 19.3. The van der Waals surface area contributed by atoms with Crippen molar-refractivity contribution in [3.63, 3.8) is 0 Å². The first-order valence-corrected chi connectivity index (χ1v) is 28.4. The highest BCUT2D eigenvalue weighted by Crippen LogP contribution is 2.22. The van der Waals surface area contributed by atoms with Crippen molar-refractivity contribution >= 4 is 42.0 Å². The van der Waals surface area contributed by atoms with Crippen LogP contribution < -0.4 is 16.0 Å². The lowest BCUT2D eigenvalue weighted by atomic mass is 9.94. The Bertz CT molecular complexity index is 1770. The van der Waals surface area contributed by atoms with Gasteiger partial charge in [-0.15, -0.1) is 0 Å².